The summed E-state index contributed by atoms with van der Waals surface area (Å²) in [5, 5.41) is 9.04. The van der Waals surface area contributed by atoms with Gasteiger partial charge >= 0.3 is 5.97 Å². The highest BCUT2D eigenvalue weighted by atomic mass is 79.9. The molecule has 1 N–H and O–H groups in total. The number of halogens is 2. The summed E-state index contributed by atoms with van der Waals surface area (Å²) in [6, 6.07) is 0. The van der Waals surface area contributed by atoms with E-state index in [1.54, 1.807) is 0 Å². The predicted molar refractivity (Wildman–Crippen MR) is 107 cm³/mol. The van der Waals surface area contributed by atoms with E-state index in [0.29, 0.717) is 22.7 Å². The zero-order chi connectivity index (χ0) is 17.8. The molecule has 0 aromatic heterocycles. The minimum atomic E-state index is -0.823. The molecule has 3 nitrogen and oxygen atoms in total. The van der Waals surface area contributed by atoms with Crippen LogP contribution in [-0.4, -0.2) is 32.9 Å². The average Bonchev–Trinajstić information content (AvgIpc) is 3.34. The van der Waals surface area contributed by atoms with Crippen LogP contribution in [-0.2, 0) is 9.53 Å². The van der Waals surface area contributed by atoms with Crippen LogP contribution in [0.15, 0.2) is 0 Å². The molecule has 1 aliphatic rings. The van der Waals surface area contributed by atoms with E-state index in [0.717, 1.165) is 12.8 Å². The number of rotatable bonds is 16. The van der Waals surface area contributed by atoms with E-state index < -0.39 is 11.6 Å². The Morgan fingerprint density at radius 2 is 1.42 bits per heavy atom. The first-order valence-electron chi connectivity index (χ1n) is 9.67. The van der Waals surface area contributed by atoms with Crippen LogP contribution in [0.2, 0.25) is 0 Å². The fourth-order valence-electron chi connectivity index (χ4n) is 3.05. The lowest BCUT2D eigenvalue weighted by Gasteiger charge is -2.16. The Bertz CT molecular complexity index is 346. The molecule has 0 saturated carbocycles. The van der Waals surface area contributed by atoms with Gasteiger partial charge in [-0.15, -0.1) is 0 Å². The number of carboxylic acids is 1. The maximum Gasteiger partial charge on any atom is 0.338 e. The van der Waals surface area contributed by atoms with Crippen molar-refractivity contribution in [3.63, 3.8) is 0 Å². The Morgan fingerprint density at radius 1 is 0.958 bits per heavy atom. The molecule has 0 radical (unpaired) electrons. The highest BCUT2D eigenvalue weighted by Crippen LogP contribution is 2.33. The summed E-state index contributed by atoms with van der Waals surface area (Å²) in [7, 11) is 0. The molecular formula is C19H34Br2O3. The summed E-state index contributed by atoms with van der Waals surface area (Å²) in [6.45, 7) is 2.66. The van der Waals surface area contributed by atoms with Gasteiger partial charge in [-0.1, -0.05) is 96.6 Å². The van der Waals surface area contributed by atoms with Gasteiger partial charge in [0.15, 0.2) is 5.60 Å². The van der Waals surface area contributed by atoms with Crippen molar-refractivity contribution in [1.82, 2.24) is 0 Å². The monoisotopic (exact) mass is 468 g/mol. The van der Waals surface area contributed by atoms with Crippen molar-refractivity contribution < 1.29 is 14.6 Å². The Hall–Kier alpha value is 0.390. The van der Waals surface area contributed by atoms with E-state index in [4.69, 9.17) is 9.84 Å². The Labute approximate surface area is 164 Å². The number of epoxide rings is 1. The van der Waals surface area contributed by atoms with E-state index in [-0.39, 0.29) is 0 Å². The zero-order valence-electron chi connectivity index (χ0n) is 15.1. The fraction of sp³-hybridized carbons (Fsp3) is 0.947. The summed E-state index contributed by atoms with van der Waals surface area (Å²) in [5.41, 5.74) is -0.823. The smallest absolute Gasteiger partial charge is 0.338 e. The van der Waals surface area contributed by atoms with Gasteiger partial charge in [-0.25, -0.2) is 4.79 Å². The van der Waals surface area contributed by atoms with Crippen LogP contribution in [0.4, 0.5) is 0 Å². The van der Waals surface area contributed by atoms with E-state index in [1.165, 1.54) is 64.2 Å². The van der Waals surface area contributed by atoms with Crippen LogP contribution >= 0.6 is 31.9 Å². The van der Waals surface area contributed by atoms with Gasteiger partial charge in [0.25, 0.3) is 0 Å². The summed E-state index contributed by atoms with van der Waals surface area (Å²) in [6.07, 6.45) is 15.7. The second-order valence-electron chi connectivity index (χ2n) is 7.13. The summed E-state index contributed by atoms with van der Waals surface area (Å²) in [5.74, 6) is -0.792. The second kappa shape index (κ2) is 12.7. The van der Waals surface area contributed by atoms with Crippen molar-refractivity contribution in [3.8, 4) is 0 Å². The molecule has 0 spiro atoms. The highest BCUT2D eigenvalue weighted by Gasteiger charge is 2.51. The van der Waals surface area contributed by atoms with Crippen molar-refractivity contribution in [2.45, 2.75) is 106 Å². The number of hydrogen-bond donors (Lipinski definition) is 1. The van der Waals surface area contributed by atoms with Crippen LogP contribution < -0.4 is 0 Å². The van der Waals surface area contributed by atoms with Gasteiger partial charge in [0.05, 0.1) is 6.61 Å². The summed E-state index contributed by atoms with van der Waals surface area (Å²) >= 11 is 7.65. The lowest BCUT2D eigenvalue weighted by molar-refractivity contribution is -0.143. The van der Waals surface area contributed by atoms with Crippen LogP contribution in [0.3, 0.4) is 0 Å². The van der Waals surface area contributed by atoms with Crippen LogP contribution in [0.5, 0.6) is 0 Å². The maximum atomic E-state index is 11.0. The van der Waals surface area contributed by atoms with Gasteiger partial charge in [0, 0.05) is 9.65 Å². The number of ether oxygens (including phenoxy) is 1. The third-order valence-corrected chi connectivity index (χ3v) is 7.82. The quantitative estimate of drug-likeness (QED) is 0.160. The largest absolute Gasteiger partial charge is 0.479 e. The van der Waals surface area contributed by atoms with E-state index in [2.05, 4.69) is 38.8 Å². The van der Waals surface area contributed by atoms with Gasteiger partial charge in [-0.3, -0.25) is 0 Å². The Balaban J connectivity index is 1.93. The molecular weight excluding hydrogens is 436 g/mol. The van der Waals surface area contributed by atoms with Gasteiger partial charge in [-0.05, 0) is 25.7 Å². The van der Waals surface area contributed by atoms with Crippen LogP contribution in [0.25, 0.3) is 0 Å². The molecule has 1 rings (SSSR count). The molecule has 0 aliphatic carbocycles. The Kier molecular flexibility index (Phi) is 11.9. The number of alkyl halides is 2. The van der Waals surface area contributed by atoms with Gasteiger partial charge in [0.2, 0.25) is 0 Å². The van der Waals surface area contributed by atoms with E-state index in [1.807, 2.05) is 0 Å². The molecule has 5 heteroatoms. The van der Waals surface area contributed by atoms with Gasteiger partial charge in [0.1, 0.15) is 0 Å². The topological polar surface area (TPSA) is 49.8 Å². The fourth-order valence-corrected chi connectivity index (χ4v) is 4.22. The molecule has 3 atom stereocenters. The molecule has 1 heterocycles. The van der Waals surface area contributed by atoms with E-state index >= 15 is 0 Å². The standard InChI is InChI=1S/C19H34Br2O3/c1-2-3-4-5-6-9-12-16(20)17(21)13-10-7-8-11-14-19(15-24-19)18(22)23/h16-17H,2-15H2,1H3,(H,22,23). The van der Waals surface area contributed by atoms with Crippen molar-refractivity contribution in [1.29, 1.82) is 0 Å². The lowest BCUT2D eigenvalue weighted by atomic mass is 10.0. The summed E-state index contributed by atoms with van der Waals surface area (Å²) in [4.78, 5) is 12.1. The molecule has 1 saturated heterocycles. The average molecular weight is 470 g/mol. The van der Waals surface area contributed by atoms with Crippen molar-refractivity contribution in [3.05, 3.63) is 0 Å². The van der Waals surface area contributed by atoms with Crippen molar-refractivity contribution >= 4 is 37.8 Å². The molecule has 3 unspecified atom stereocenters. The SMILES string of the molecule is CCCCCCCCC(Br)C(Br)CCCCCCC1(C(=O)O)CO1. The second-order valence-corrected chi connectivity index (χ2v) is 9.48. The first-order chi connectivity index (χ1) is 11.5. The van der Waals surface area contributed by atoms with Crippen LogP contribution in [0.1, 0.15) is 90.4 Å². The molecule has 0 aromatic carbocycles. The minimum absolute atomic E-state index is 0.398. The molecule has 142 valence electrons. The molecule has 0 bridgehead atoms. The van der Waals surface area contributed by atoms with Gasteiger partial charge < -0.3 is 9.84 Å². The zero-order valence-corrected chi connectivity index (χ0v) is 18.2. The van der Waals surface area contributed by atoms with Crippen LogP contribution in [0, 0.1) is 0 Å². The number of unbranched alkanes of at least 4 members (excludes halogenated alkanes) is 8. The lowest BCUT2D eigenvalue weighted by Crippen LogP contribution is -2.23. The third kappa shape index (κ3) is 9.19. The molecule has 1 fully saturated rings. The predicted octanol–water partition coefficient (Wildman–Crippen LogP) is 6.46. The van der Waals surface area contributed by atoms with Crippen molar-refractivity contribution in [2.75, 3.05) is 6.61 Å². The number of carboxylic acid groups (broad SMARTS) is 1. The number of carbonyl (C=O) groups is 1. The first-order valence-corrected chi connectivity index (χ1v) is 11.5. The number of aliphatic carboxylic acids is 1. The molecule has 1 aliphatic heterocycles. The number of hydrogen-bond acceptors (Lipinski definition) is 2. The van der Waals surface area contributed by atoms with E-state index in [9.17, 15) is 4.79 Å². The normalized spacial score (nSPS) is 22.3. The van der Waals surface area contributed by atoms with Gasteiger partial charge in [-0.2, -0.15) is 0 Å². The first kappa shape index (κ1) is 22.4. The summed E-state index contributed by atoms with van der Waals surface area (Å²) < 4.78 is 5.09. The Morgan fingerprint density at radius 3 is 1.88 bits per heavy atom. The highest BCUT2D eigenvalue weighted by molar-refractivity contribution is 9.12. The molecule has 0 aromatic rings. The third-order valence-electron chi connectivity index (χ3n) is 4.92. The van der Waals surface area contributed by atoms with Crippen molar-refractivity contribution in [2.24, 2.45) is 0 Å². The minimum Gasteiger partial charge on any atom is -0.479 e. The molecule has 0 amide bonds. The maximum absolute atomic E-state index is 11.0. The molecule has 24 heavy (non-hydrogen) atoms.